The van der Waals surface area contributed by atoms with Crippen molar-refractivity contribution in [2.45, 2.75) is 25.7 Å². The highest BCUT2D eigenvalue weighted by molar-refractivity contribution is 5.76. The Kier molecular flexibility index (Phi) is 6.45. The van der Waals surface area contributed by atoms with Crippen LogP contribution in [0.1, 0.15) is 25.7 Å². The van der Waals surface area contributed by atoms with E-state index in [1.165, 1.54) is 25.0 Å². The molecule has 0 spiro atoms. The minimum atomic E-state index is -0.214. The fourth-order valence-corrected chi connectivity index (χ4v) is 3.57. The predicted octanol–water partition coefficient (Wildman–Crippen LogP) is 2.81. The molecule has 0 bridgehead atoms. The number of nitrogens with one attached hydrogen (secondary N) is 1. The van der Waals surface area contributed by atoms with Gasteiger partial charge in [-0.2, -0.15) is 0 Å². The van der Waals surface area contributed by atoms with Crippen LogP contribution in [-0.4, -0.2) is 50.1 Å². The lowest BCUT2D eigenvalue weighted by Crippen LogP contribution is -2.49. The number of carbonyl (C=O) groups is 1. The molecule has 1 aromatic rings. The number of hydrogen-bond donors (Lipinski definition) is 1. The zero-order chi connectivity index (χ0) is 17.5. The third-order valence-electron chi connectivity index (χ3n) is 5.15. The summed E-state index contributed by atoms with van der Waals surface area (Å²) in [5.74, 6) is 0.739. The summed E-state index contributed by atoms with van der Waals surface area (Å²) in [6.45, 7) is 4.86. The highest BCUT2D eigenvalue weighted by atomic mass is 19.1. The van der Waals surface area contributed by atoms with Gasteiger partial charge >= 0.3 is 0 Å². The maximum Gasteiger partial charge on any atom is 0.223 e. The molecule has 1 fully saturated rings. The lowest BCUT2D eigenvalue weighted by atomic mass is 9.94. The van der Waals surface area contributed by atoms with E-state index in [2.05, 4.69) is 22.4 Å². The van der Waals surface area contributed by atoms with Crippen molar-refractivity contribution in [1.29, 1.82) is 0 Å². The predicted molar refractivity (Wildman–Crippen MR) is 99.2 cm³/mol. The summed E-state index contributed by atoms with van der Waals surface area (Å²) in [5, 5.41) is 3.44. The number of rotatable bonds is 6. The zero-order valence-electron chi connectivity index (χ0n) is 14.8. The van der Waals surface area contributed by atoms with Gasteiger partial charge in [0.2, 0.25) is 5.91 Å². The van der Waals surface area contributed by atoms with Gasteiger partial charge in [-0.3, -0.25) is 4.79 Å². The molecule has 4 nitrogen and oxygen atoms in total. The number of hydrogen-bond acceptors (Lipinski definition) is 3. The Morgan fingerprint density at radius 2 is 1.88 bits per heavy atom. The minimum absolute atomic E-state index is 0.214. The summed E-state index contributed by atoms with van der Waals surface area (Å²) in [4.78, 5) is 16.5. The minimum Gasteiger partial charge on any atom is -0.368 e. The first kappa shape index (κ1) is 17.9. The van der Waals surface area contributed by atoms with Crippen molar-refractivity contribution in [3.8, 4) is 0 Å². The van der Waals surface area contributed by atoms with E-state index in [0.29, 0.717) is 6.42 Å². The number of benzene rings is 1. The van der Waals surface area contributed by atoms with Crippen molar-refractivity contribution in [2.75, 3.05) is 44.2 Å². The third kappa shape index (κ3) is 5.30. The smallest absolute Gasteiger partial charge is 0.223 e. The molecule has 1 amide bonds. The number of nitrogens with zero attached hydrogens (tertiary/aromatic N) is 2. The molecule has 3 rings (SSSR count). The standard InChI is InChI=1S/C20H28FN3O/c21-18-6-8-19(9-7-18)23-12-14-24(15-13-23)20(25)10-11-22-16-17-4-2-1-3-5-17/h1-2,6-9,17,22H,3-5,10-16H2. The lowest BCUT2D eigenvalue weighted by molar-refractivity contribution is -0.131. The monoisotopic (exact) mass is 345 g/mol. The summed E-state index contributed by atoms with van der Waals surface area (Å²) in [7, 11) is 0. The summed E-state index contributed by atoms with van der Waals surface area (Å²) in [6.07, 6.45) is 8.69. The molecule has 1 unspecified atom stereocenters. The van der Waals surface area contributed by atoms with Gasteiger partial charge < -0.3 is 15.1 Å². The highest BCUT2D eigenvalue weighted by Gasteiger charge is 2.21. The van der Waals surface area contributed by atoms with Gasteiger partial charge in [0.05, 0.1) is 0 Å². The molecule has 1 atom stereocenters. The number of piperazine rings is 1. The maximum atomic E-state index is 13.0. The number of halogens is 1. The van der Waals surface area contributed by atoms with Crippen molar-refractivity contribution < 1.29 is 9.18 Å². The van der Waals surface area contributed by atoms with Crippen molar-refractivity contribution in [3.05, 3.63) is 42.2 Å². The molecule has 25 heavy (non-hydrogen) atoms. The molecule has 0 aromatic heterocycles. The van der Waals surface area contributed by atoms with Crippen LogP contribution in [0.4, 0.5) is 10.1 Å². The van der Waals surface area contributed by atoms with E-state index in [-0.39, 0.29) is 11.7 Å². The molecule has 0 saturated carbocycles. The average Bonchev–Trinajstić information content (AvgIpc) is 2.67. The third-order valence-corrected chi connectivity index (χ3v) is 5.15. The summed E-state index contributed by atoms with van der Waals surface area (Å²) >= 11 is 0. The van der Waals surface area contributed by atoms with Gasteiger partial charge in [0.25, 0.3) is 0 Å². The van der Waals surface area contributed by atoms with Crippen molar-refractivity contribution in [2.24, 2.45) is 5.92 Å². The van der Waals surface area contributed by atoms with Gasteiger partial charge in [-0.25, -0.2) is 4.39 Å². The molecule has 1 heterocycles. The molecular weight excluding hydrogens is 317 g/mol. The molecule has 2 aliphatic rings. The van der Waals surface area contributed by atoms with E-state index in [1.54, 1.807) is 12.1 Å². The van der Waals surface area contributed by atoms with Crippen molar-refractivity contribution in [1.82, 2.24) is 10.2 Å². The van der Waals surface area contributed by atoms with Gasteiger partial charge in [0, 0.05) is 44.8 Å². The molecule has 136 valence electrons. The summed E-state index contributed by atoms with van der Waals surface area (Å²) in [5.41, 5.74) is 1.02. The summed E-state index contributed by atoms with van der Waals surface area (Å²) in [6, 6.07) is 6.58. The maximum absolute atomic E-state index is 13.0. The lowest BCUT2D eigenvalue weighted by Gasteiger charge is -2.36. The number of allylic oxidation sites excluding steroid dienone is 2. The molecule has 1 aliphatic heterocycles. The Balaban J connectivity index is 1.34. The number of carbonyl (C=O) groups excluding carboxylic acids is 1. The van der Waals surface area contributed by atoms with Crippen LogP contribution in [0.25, 0.3) is 0 Å². The van der Waals surface area contributed by atoms with Crippen LogP contribution < -0.4 is 10.2 Å². The Morgan fingerprint density at radius 1 is 1.12 bits per heavy atom. The van der Waals surface area contributed by atoms with Gasteiger partial charge in [0.1, 0.15) is 5.82 Å². The van der Waals surface area contributed by atoms with Crippen LogP contribution in [-0.2, 0) is 4.79 Å². The Labute approximate surface area is 149 Å². The van der Waals surface area contributed by atoms with E-state index in [1.807, 2.05) is 4.90 Å². The molecular formula is C20H28FN3O. The SMILES string of the molecule is O=C(CCNCC1CC=CCC1)N1CCN(c2ccc(F)cc2)CC1. The van der Waals surface area contributed by atoms with Crippen LogP contribution in [0.15, 0.2) is 36.4 Å². The topological polar surface area (TPSA) is 35.6 Å². The molecule has 1 aromatic carbocycles. The van der Waals surface area contributed by atoms with Crippen LogP contribution in [0, 0.1) is 11.7 Å². The molecule has 1 aliphatic carbocycles. The van der Waals surface area contributed by atoms with Crippen LogP contribution in [0.5, 0.6) is 0 Å². The van der Waals surface area contributed by atoms with E-state index < -0.39 is 0 Å². The normalized spacial score (nSPS) is 20.8. The number of anilines is 1. The second kappa shape index (κ2) is 8.99. The van der Waals surface area contributed by atoms with E-state index >= 15 is 0 Å². The van der Waals surface area contributed by atoms with Gasteiger partial charge in [-0.15, -0.1) is 0 Å². The van der Waals surface area contributed by atoms with Gasteiger partial charge in [-0.1, -0.05) is 12.2 Å². The average molecular weight is 345 g/mol. The van der Waals surface area contributed by atoms with Crippen LogP contribution >= 0.6 is 0 Å². The fraction of sp³-hybridized carbons (Fsp3) is 0.550. The number of amides is 1. The van der Waals surface area contributed by atoms with Gasteiger partial charge in [-0.05, 0) is 56.0 Å². The largest absolute Gasteiger partial charge is 0.368 e. The molecule has 1 N–H and O–H groups in total. The van der Waals surface area contributed by atoms with E-state index in [0.717, 1.165) is 57.3 Å². The Bertz CT molecular complexity index is 579. The van der Waals surface area contributed by atoms with Crippen LogP contribution in [0.3, 0.4) is 0 Å². The Morgan fingerprint density at radius 3 is 2.56 bits per heavy atom. The second-order valence-electron chi connectivity index (χ2n) is 6.95. The zero-order valence-corrected chi connectivity index (χ0v) is 14.8. The Hall–Kier alpha value is -1.88. The van der Waals surface area contributed by atoms with E-state index in [4.69, 9.17) is 0 Å². The van der Waals surface area contributed by atoms with Crippen molar-refractivity contribution in [3.63, 3.8) is 0 Å². The van der Waals surface area contributed by atoms with Gasteiger partial charge in [0.15, 0.2) is 0 Å². The quantitative estimate of drug-likeness (QED) is 0.636. The molecule has 0 radical (unpaired) electrons. The first-order chi connectivity index (χ1) is 12.2. The first-order valence-electron chi connectivity index (χ1n) is 9.36. The molecule has 1 saturated heterocycles. The summed E-state index contributed by atoms with van der Waals surface area (Å²) < 4.78 is 13.0. The fourth-order valence-electron chi connectivity index (χ4n) is 3.57. The molecule has 5 heteroatoms. The second-order valence-corrected chi connectivity index (χ2v) is 6.95. The highest BCUT2D eigenvalue weighted by Crippen LogP contribution is 2.18. The van der Waals surface area contributed by atoms with Crippen molar-refractivity contribution >= 4 is 11.6 Å². The van der Waals surface area contributed by atoms with E-state index in [9.17, 15) is 9.18 Å². The van der Waals surface area contributed by atoms with Crippen LogP contribution in [0.2, 0.25) is 0 Å². The first-order valence-corrected chi connectivity index (χ1v) is 9.36.